The smallest absolute Gasteiger partial charge is 0.433 e. The lowest BCUT2D eigenvalue weighted by Gasteiger charge is -2.13. The largest absolute Gasteiger partial charge is 0.480 e. The van der Waals surface area contributed by atoms with Gasteiger partial charge in [0.1, 0.15) is 17.3 Å². The Balaban J connectivity index is 1.98. The zero-order valence-electron chi connectivity index (χ0n) is 16.4. The predicted octanol–water partition coefficient (Wildman–Crippen LogP) is 3.58. The van der Waals surface area contributed by atoms with E-state index in [2.05, 4.69) is 19.9 Å². The third kappa shape index (κ3) is 3.80. The van der Waals surface area contributed by atoms with E-state index in [9.17, 15) is 27.9 Å². The van der Waals surface area contributed by atoms with Crippen molar-refractivity contribution in [3.8, 4) is 22.5 Å². The molecule has 0 fully saturated rings. The SMILES string of the molecule is C[C@@H](C(=O)O)n1cnc2c(-c3cccnc3)nc(-c3ccc(C(F)(F)F)nc3)cc2c1=O. The van der Waals surface area contributed by atoms with Gasteiger partial charge in [0.15, 0.2) is 0 Å². The standard InChI is InChI=1S/C21H14F3N5O3/c1-11(20(31)32)29-10-27-18-14(19(29)30)7-15(28-17(18)13-3-2-6-25-8-13)12-4-5-16(26-9-12)21(22,23)24/h2-11H,1H3,(H,31,32)/t11-/m0/s1. The number of aromatic nitrogens is 5. The zero-order valence-corrected chi connectivity index (χ0v) is 16.4. The second-order valence-corrected chi connectivity index (χ2v) is 6.90. The van der Waals surface area contributed by atoms with Crippen molar-refractivity contribution < 1.29 is 23.1 Å². The minimum absolute atomic E-state index is 0.0596. The summed E-state index contributed by atoms with van der Waals surface area (Å²) >= 11 is 0. The average molecular weight is 441 g/mol. The maximum absolute atomic E-state index is 13.1. The van der Waals surface area contributed by atoms with Crippen LogP contribution in [0.4, 0.5) is 13.2 Å². The Morgan fingerprint density at radius 3 is 2.50 bits per heavy atom. The number of nitrogens with zero attached hydrogens (tertiary/aromatic N) is 5. The first-order chi connectivity index (χ1) is 15.2. The van der Waals surface area contributed by atoms with Crippen LogP contribution in [0.25, 0.3) is 33.4 Å². The Hall–Kier alpha value is -4.15. The maximum atomic E-state index is 13.1. The molecule has 4 rings (SSSR count). The molecule has 4 heterocycles. The van der Waals surface area contributed by atoms with Crippen LogP contribution in [0.2, 0.25) is 0 Å². The number of hydrogen-bond acceptors (Lipinski definition) is 6. The molecule has 0 aromatic carbocycles. The minimum atomic E-state index is -4.60. The van der Waals surface area contributed by atoms with Crippen molar-refractivity contribution in [3.63, 3.8) is 0 Å². The summed E-state index contributed by atoms with van der Waals surface area (Å²) in [6.45, 7) is 1.33. The number of rotatable bonds is 4. The molecule has 0 radical (unpaired) electrons. The van der Waals surface area contributed by atoms with Gasteiger partial charge in [-0.3, -0.25) is 19.3 Å². The Kier molecular flexibility index (Phi) is 5.17. The first kappa shape index (κ1) is 21.1. The van der Waals surface area contributed by atoms with Gasteiger partial charge in [-0.1, -0.05) is 0 Å². The number of carboxylic acid groups (broad SMARTS) is 1. The molecule has 11 heteroatoms. The molecule has 4 aromatic rings. The summed E-state index contributed by atoms with van der Waals surface area (Å²) in [5.74, 6) is -1.22. The summed E-state index contributed by atoms with van der Waals surface area (Å²) in [4.78, 5) is 40.7. The summed E-state index contributed by atoms with van der Waals surface area (Å²) in [5, 5.41) is 9.34. The molecule has 0 amide bonds. The number of aliphatic carboxylic acids is 1. The second-order valence-electron chi connectivity index (χ2n) is 6.90. The summed E-state index contributed by atoms with van der Waals surface area (Å²) in [5.41, 5.74) is -0.260. The molecule has 1 atom stereocenters. The summed E-state index contributed by atoms with van der Waals surface area (Å²) in [6, 6.07) is 5.55. The van der Waals surface area contributed by atoms with E-state index in [-0.39, 0.29) is 27.9 Å². The Morgan fingerprint density at radius 1 is 1.12 bits per heavy atom. The van der Waals surface area contributed by atoms with E-state index in [0.717, 1.165) is 23.2 Å². The van der Waals surface area contributed by atoms with E-state index in [4.69, 9.17) is 0 Å². The van der Waals surface area contributed by atoms with Gasteiger partial charge >= 0.3 is 12.1 Å². The molecular weight excluding hydrogens is 427 g/mol. The number of hydrogen-bond donors (Lipinski definition) is 1. The van der Waals surface area contributed by atoms with Crippen molar-refractivity contribution >= 4 is 16.9 Å². The molecule has 0 bridgehead atoms. The van der Waals surface area contributed by atoms with Crippen molar-refractivity contribution in [1.82, 2.24) is 24.5 Å². The van der Waals surface area contributed by atoms with Crippen LogP contribution >= 0.6 is 0 Å². The molecule has 4 aromatic heterocycles. The molecule has 0 spiro atoms. The fraction of sp³-hybridized carbons (Fsp3) is 0.143. The van der Waals surface area contributed by atoms with Crippen LogP contribution in [0, 0.1) is 0 Å². The van der Waals surface area contributed by atoms with E-state index < -0.39 is 29.4 Å². The van der Waals surface area contributed by atoms with Gasteiger partial charge in [-0.05, 0) is 37.3 Å². The second kappa shape index (κ2) is 7.84. The zero-order chi connectivity index (χ0) is 23.0. The van der Waals surface area contributed by atoms with Crippen molar-refractivity contribution in [2.75, 3.05) is 0 Å². The van der Waals surface area contributed by atoms with Gasteiger partial charge in [0.05, 0.1) is 23.1 Å². The number of carboxylic acids is 1. The van der Waals surface area contributed by atoms with Crippen LogP contribution in [0.3, 0.4) is 0 Å². The van der Waals surface area contributed by atoms with Crippen LogP contribution in [-0.2, 0) is 11.0 Å². The van der Waals surface area contributed by atoms with Crippen molar-refractivity contribution in [3.05, 3.63) is 71.3 Å². The highest BCUT2D eigenvalue weighted by Crippen LogP contribution is 2.31. The summed E-state index contributed by atoms with van der Waals surface area (Å²) in [7, 11) is 0. The van der Waals surface area contributed by atoms with Gasteiger partial charge in [0.25, 0.3) is 5.56 Å². The maximum Gasteiger partial charge on any atom is 0.433 e. The lowest BCUT2D eigenvalue weighted by atomic mass is 10.1. The van der Waals surface area contributed by atoms with Gasteiger partial charge in [-0.15, -0.1) is 0 Å². The molecule has 8 nitrogen and oxygen atoms in total. The number of carbonyl (C=O) groups is 1. The third-order valence-electron chi connectivity index (χ3n) is 4.83. The molecule has 162 valence electrons. The fourth-order valence-electron chi connectivity index (χ4n) is 3.10. The molecule has 0 saturated heterocycles. The number of fused-ring (bicyclic) bond motifs is 1. The Bertz CT molecular complexity index is 1370. The van der Waals surface area contributed by atoms with E-state index in [0.29, 0.717) is 5.56 Å². The lowest BCUT2D eigenvalue weighted by molar-refractivity contribution is -0.141. The highest BCUT2D eigenvalue weighted by molar-refractivity contribution is 5.93. The normalized spacial score (nSPS) is 12.6. The number of pyridine rings is 3. The van der Waals surface area contributed by atoms with Crippen molar-refractivity contribution in [2.24, 2.45) is 0 Å². The van der Waals surface area contributed by atoms with Gasteiger partial charge < -0.3 is 5.11 Å². The topological polar surface area (TPSA) is 111 Å². The minimum Gasteiger partial charge on any atom is -0.480 e. The fourth-order valence-corrected chi connectivity index (χ4v) is 3.10. The van der Waals surface area contributed by atoms with Crippen molar-refractivity contribution in [1.29, 1.82) is 0 Å². The average Bonchev–Trinajstić information content (AvgIpc) is 2.78. The molecule has 0 aliphatic carbocycles. The van der Waals surface area contributed by atoms with Crippen LogP contribution in [-0.4, -0.2) is 35.6 Å². The highest BCUT2D eigenvalue weighted by atomic mass is 19.4. The van der Waals surface area contributed by atoms with Crippen LogP contribution < -0.4 is 5.56 Å². The molecular formula is C21H14F3N5O3. The third-order valence-corrected chi connectivity index (χ3v) is 4.83. The highest BCUT2D eigenvalue weighted by Gasteiger charge is 2.32. The van der Waals surface area contributed by atoms with E-state index in [1.165, 1.54) is 25.3 Å². The molecule has 0 aliphatic heterocycles. The lowest BCUT2D eigenvalue weighted by Crippen LogP contribution is -2.28. The van der Waals surface area contributed by atoms with Gasteiger partial charge in [-0.2, -0.15) is 13.2 Å². The van der Waals surface area contributed by atoms with Crippen LogP contribution in [0.1, 0.15) is 18.7 Å². The van der Waals surface area contributed by atoms with Gasteiger partial charge in [0, 0.05) is 29.7 Å². The summed E-state index contributed by atoms with van der Waals surface area (Å²) in [6.07, 6.45) is 0.595. The molecule has 1 N–H and O–H groups in total. The van der Waals surface area contributed by atoms with E-state index in [1.54, 1.807) is 18.3 Å². The first-order valence-corrected chi connectivity index (χ1v) is 9.25. The Labute approximate surface area is 178 Å². The number of alkyl halides is 3. The Morgan fingerprint density at radius 2 is 1.91 bits per heavy atom. The number of halogens is 3. The van der Waals surface area contributed by atoms with E-state index >= 15 is 0 Å². The molecule has 32 heavy (non-hydrogen) atoms. The van der Waals surface area contributed by atoms with Gasteiger partial charge in [-0.25, -0.2) is 14.8 Å². The first-order valence-electron chi connectivity index (χ1n) is 9.25. The monoisotopic (exact) mass is 441 g/mol. The summed E-state index contributed by atoms with van der Waals surface area (Å²) < 4.78 is 39.6. The quantitative estimate of drug-likeness (QED) is 0.515. The van der Waals surface area contributed by atoms with Crippen molar-refractivity contribution in [2.45, 2.75) is 19.1 Å². The predicted molar refractivity (Wildman–Crippen MR) is 108 cm³/mol. The molecule has 0 unspecified atom stereocenters. The van der Waals surface area contributed by atoms with Crippen LogP contribution in [0.15, 0.2) is 60.0 Å². The van der Waals surface area contributed by atoms with Gasteiger partial charge in [0.2, 0.25) is 0 Å². The molecule has 0 aliphatic rings. The van der Waals surface area contributed by atoms with Crippen LogP contribution in [0.5, 0.6) is 0 Å². The molecule has 0 saturated carbocycles. The van der Waals surface area contributed by atoms with E-state index in [1.807, 2.05) is 0 Å².